The SMILES string of the molecule is COc1ccc(Cl)cc1N(C)C(=O)c1cc2c(s1)-c1ccccc1S(=O)(=O)C2. The zero-order valence-electron chi connectivity index (χ0n) is 15.1. The first-order valence-electron chi connectivity index (χ1n) is 8.38. The number of halogens is 1. The molecule has 0 atom stereocenters. The number of amides is 1. The van der Waals surface area contributed by atoms with Crippen molar-refractivity contribution in [2.75, 3.05) is 19.1 Å². The molecule has 3 aromatic rings. The topological polar surface area (TPSA) is 63.7 Å². The van der Waals surface area contributed by atoms with Crippen molar-refractivity contribution in [1.82, 2.24) is 0 Å². The summed E-state index contributed by atoms with van der Waals surface area (Å²) in [7, 11) is -0.249. The summed E-state index contributed by atoms with van der Waals surface area (Å²) < 4.78 is 30.5. The van der Waals surface area contributed by atoms with Crippen LogP contribution < -0.4 is 9.64 Å². The highest BCUT2D eigenvalue weighted by Crippen LogP contribution is 2.43. The molecule has 1 aromatic heterocycles. The molecule has 0 spiro atoms. The molecule has 0 saturated heterocycles. The van der Waals surface area contributed by atoms with Crippen molar-refractivity contribution in [3.63, 3.8) is 0 Å². The summed E-state index contributed by atoms with van der Waals surface area (Å²) in [6.45, 7) is 0. The second-order valence-electron chi connectivity index (χ2n) is 6.40. The molecule has 0 radical (unpaired) electrons. The standard InChI is InChI=1S/C20H16ClNO4S2/c1-22(15-10-13(21)7-8-16(15)26-2)20(23)17-9-12-11-28(24,25)18-6-4-3-5-14(18)19(12)27-17/h3-10H,11H2,1-2H3. The van der Waals surface area contributed by atoms with Crippen LogP contribution in [0.5, 0.6) is 5.75 Å². The molecule has 144 valence electrons. The van der Waals surface area contributed by atoms with Gasteiger partial charge in [0.1, 0.15) is 5.75 Å². The van der Waals surface area contributed by atoms with Gasteiger partial charge in [-0.25, -0.2) is 8.42 Å². The van der Waals surface area contributed by atoms with Crippen molar-refractivity contribution in [1.29, 1.82) is 0 Å². The molecule has 8 heteroatoms. The highest BCUT2D eigenvalue weighted by Gasteiger charge is 2.31. The van der Waals surface area contributed by atoms with Crippen LogP contribution in [0.4, 0.5) is 5.69 Å². The molecular weight excluding hydrogens is 418 g/mol. The number of carbonyl (C=O) groups is 1. The van der Waals surface area contributed by atoms with E-state index < -0.39 is 9.84 Å². The number of hydrogen-bond donors (Lipinski definition) is 0. The first kappa shape index (κ1) is 19.0. The average Bonchev–Trinajstić information content (AvgIpc) is 3.10. The Morgan fingerprint density at radius 2 is 1.93 bits per heavy atom. The molecule has 0 aliphatic carbocycles. The largest absolute Gasteiger partial charge is 0.495 e. The van der Waals surface area contributed by atoms with Gasteiger partial charge in [-0.15, -0.1) is 11.3 Å². The number of carbonyl (C=O) groups excluding carboxylic acids is 1. The quantitative estimate of drug-likeness (QED) is 0.603. The second-order valence-corrected chi connectivity index (χ2v) is 9.85. The van der Waals surface area contributed by atoms with E-state index in [1.165, 1.54) is 23.3 Å². The molecule has 1 amide bonds. The van der Waals surface area contributed by atoms with E-state index >= 15 is 0 Å². The van der Waals surface area contributed by atoms with Crippen LogP contribution in [0.1, 0.15) is 15.2 Å². The lowest BCUT2D eigenvalue weighted by Gasteiger charge is -2.19. The van der Waals surface area contributed by atoms with Crippen LogP contribution in [-0.4, -0.2) is 28.5 Å². The molecule has 0 fully saturated rings. The lowest BCUT2D eigenvalue weighted by Crippen LogP contribution is -2.25. The minimum absolute atomic E-state index is 0.104. The van der Waals surface area contributed by atoms with E-state index in [-0.39, 0.29) is 11.7 Å². The molecule has 0 N–H and O–H groups in total. The smallest absolute Gasteiger partial charge is 0.268 e. The average molecular weight is 434 g/mol. The molecule has 5 nitrogen and oxygen atoms in total. The fourth-order valence-electron chi connectivity index (χ4n) is 3.28. The number of rotatable bonds is 3. The summed E-state index contributed by atoms with van der Waals surface area (Å²) in [5, 5.41) is 0.487. The van der Waals surface area contributed by atoms with E-state index in [1.54, 1.807) is 55.6 Å². The van der Waals surface area contributed by atoms with Gasteiger partial charge in [0.25, 0.3) is 5.91 Å². The zero-order chi connectivity index (χ0) is 20.1. The molecule has 28 heavy (non-hydrogen) atoms. The Kier molecular flexibility index (Phi) is 4.69. The number of anilines is 1. The second kappa shape index (κ2) is 6.92. The molecule has 0 bridgehead atoms. The van der Waals surface area contributed by atoms with E-state index in [9.17, 15) is 13.2 Å². The Hall–Kier alpha value is -2.35. The maximum Gasteiger partial charge on any atom is 0.268 e. The van der Waals surface area contributed by atoms with Crippen LogP contribution in [0.2, 0.25) is 5.02 Å². The minimum Gasteiger partial charge on any atom is -0.495 e. The van der Waals surface area contributed by atoms with Crippen molar-refractivity contribution in [2.24, 2.45) is 0 Å². The Morgan fingerprint density at radius 1 is 1.18 bits per heavy atom. The van der Waals surface area contributed by atoms with Gasteiger partial charge < -0.3 is 9.64 Å². The fourth-order valence-corrected chi connectivity index (χ4v) is 6.38. The van der Waals surface area contributed by atoms with E-state index in [1.807, 2.05) is 0 Å². The van der Waals surface area contributed by atoms with E-state index in [0.29, 0.717) is 37.4 Å². The number of methoxy groups -OCH3 is 1. The first-order valence-corrected chi connectivity index (χ1v) is 11.2. The van der Waals surface area contributed by atoms with Gasteiger partial charge in [0.2, 0.25) is 0 Å². The summed E-state index contributed by atoms with van der Waals surface area (Å²) in [4.78, 5) is 16.2. The highest BCUT2D eigenvalue weighted by atomic mass is 35.5. The summed E-state index contributed by atoms with van der Waals surface area (Å²) in [5.74, 6) is 0.164. The molecule has 2 aromatic carbocycles. The molecule has 2 heterocycles. The summed E-state index contributed by atoms with van der Waals surface area (Å²) in [6.07, 6.45) is 0. The van der Waals surface area contributed by atoms with E-state index in [4.69, 9.17) is 16.3 Å². The summed E-state index contributed by atoms with van der Waals surface area (Å²) in [6, 6.07) is 13.6. The van der Waals surface area contributed by atoms with Crippen LogP contribution in [0, 0.1) is 0 Å². The Bertz CT molecular complexity index is 1200. The van der Waals surface area contributed by atoms with Crippen LogP contribution in [0.15, 0.2) is 53.4 Å². The van der Waals surface area contributed by atoms with Gasteiger partial charge in [-0.05, 0) is 35.9 Å². The van der Waals surface area contributed by atoms with Gasteiger partial charge in [0.05, 0.1) is 28.3 Å². The molecule has 4 rings (SSSR count). The predicted molar refractivity (Wildman–Crippen MR) is 111 cm³/mol. The minimum atomic E-state index is -3.41. The van der Waals surface area contributed by atoms with Gasteiger partial charge in [-0.2, -0.15) is 0 Å². The molecule has 0 unspecified atom stereocenters. The van der Waals surface area contributed by atoms with Gasteiger partial charge in [-0.3, -0.25) is 4.79 Å². The predicted octanol–water partition coefficient (Wildman–Crippen LogP) is 4.64. The van der Waals surface area contributed by atoms with Crippen molar-refractivity contribution in [3.8, 4) is 16.2 Å². The molecule has 1 aliphatic rings. The summed E-state index contributed by atoms with van der Waals surface area (Å²) in [5.41, 5.74) is 1.84. The number of sulfone groups is 1. The molecule has 1 aliphatic heterocycles. The third-order valence-corrected chi connectivity index (χ3v) is 7.79. The number of fused-ring (bicyclic) bond motifs is 3. The van der Waals surface area contributed by atoms with Crippen molar-refractivity contribution in [2.45, 2.75) is 10.6 Å². The third kappa shape index (κ3) is 3.09. The number of nitrogens with zero attached hydrogens (tertiary/aromatic N) is 1. The van der Waals surface area contributed by atoms with Crippen LogP contribution >= 0.6 is 22.9 Å². The third-order valence-electron chi connectivity index (χ3n) is 4.64. The first-order chi connectivity index (χ1) is 13.3. The lowest BCUT2D eigenvalue weighted by molar-refractivity contribution is 0.0996. The number of thiophene rings is 1. The van der Waals surface area contributed by atoms with E-state index in [0.717, 1.165) is 4.88 Å². The fraction of sp³-hybridized carbons (Fsp3) is 0.150. The maximum atomic E-state index is 13.1. The summed E-state index contributed by atoms with van der Waals surface area (Å²) >= 11 is 7.38. The van der Waals surface area contributed by atoms with Gasteiger partial charge >= 0.3 is 0 Å². The number of ether oxygens (including phenoxy) is 1. The maximum absolute atomic E-state index is 13.1. The van der Waals surface area contributed by atoms with E-state index in [2.05, 4.69) is 0 Å². The van der Waals surface area contributed by atoms with Crippen molar-refractivity contribution in [3.05, 3.63) is 64.0 Å². The Morgan fingerprint density at radius 3 is 2.68 bits per heavy atom. The number of hydrogen-bond acceptors (Lipinski definition) is 5. The Labute approximate surface area is 172 Å². The van der Waals surface area contributed by atoms with Crippen molar-refractivity contribution < 1.29 is 17.9 Å². The zero-order valence-corrected chi connectivity index (χ0v) is 17.5. The molecular formula is C20H16ClNO4S2. The Balaban J connectivity index is 1.77. The van der Waals surface area contributed by atoms with Crippen LogP contribution in [-0.2, 0) is 15.6 Å². The van der Waals surface area contributed by atoms with Crippen LogP contribution in [0.3, 0.4) is 0 Å². The van der Waals surface area contributed by atoms with Gasteiger partial charge in [0.15, 0.2) is 9.84 Å². The molecule has 0 saturated carbocycles. The van der Waals surface area contributed by atoms with Crippen LogP contribution in [0.25, 0.3) is 10.4 Å². The van der Waals surface area contributed by atoms with Crippen molar-refractivity contribution >= 4 is 44.4 Å². The normalized spacial score (nSPS) is 14.1. The highest BCUT2D eigenvalue weighted by molar-refractivity contribution is 7.91. The monoisotopic (exact) mass is 433 g/mol. The lowest BCUT2D eigenvalue weighted by atomic mass is 10.1. The van der Waals surface area contributed by atoms with Gasteiger partial charge in [0, 0.05) is 22.5 Å². The number of benzene rings is 2. The van der Waals surface area contributed by atoms with Gasteiger partial charge in [-0.1, -0.05) is 29.8 Å².